The number of phenolic OH excluding ortho intramolecular Hbond substituents is 1. The number of fused-ring (bicyclic) bond motifs is 3. The van der Waals surface area contributed by atoms with E-state index in [1.807, 2.05) is 52.3 Å². The number of nitrogens with zero attached hydrogens (tertiary/aromatic N) is 5. The maximum atomic E-state index is 13.1. The van der Waals surface area contributed by atoms with E-state index in [-0.39, 0.29) is 5.75 Å². The highest BCUT2D eigenvalue weighted by Gasteiger charge is 2.26. The average Bonchev–Trinajstić information content (AvgIpc) is 3.32. The summed E-state index contributed by atoms with van der Waals surface area (Å²) in [6, 6.07) is 16.8. The van der Waals surface area contributed by atoms with E-state index in [1.165, 1.54) is 11.6 Å². The van der Waals surface area contributed by atoms with Gasteiger partial charge in [0, 0.05) is 19.7 Å². The molecule has 0 aliphatic heterocycles. The highest BCUT2D eigenvalue weighted by Crippen LogP contribution is 2.35. The van der Waals surface area contributed by atoms with Crippen LogP contribution in [0.5, 0.6) is 5.75 Å². The molecule has 0 saturated carbocycles. The number of aryl methyl sites for hydroxylation is 2. The lowest BCUT2D eigenvalue weighted by Gasteiger charge is -2.12. The number of imidazole rings is 2. The first kappa shape index (κ1) is 18.9. The number of phenols is 1. The molecule has 3 heterocycles. The number of benzene rings is 2. The number of aromatic hydroxyl groups is 1. The first-order valence-corrected chi connectivity index (χ1v) is 10.0. The summed E-state index contributed by atoms with van der Waals surface area (Å²) in [5.41, 5.74) is 2.98. The zero-order valence-electron chi connectivity index (χ0n) is 17.4. The fourth-order valence-corrected chi connectivity index (χ4v) is 4.22. The molecule has 0 fully saturated rings. The van der Waals surface area contributed by atoms with Crippen LogP contribution in [0, 0.1) is 0 Å². The van der Waals surface area contributed by atoms with Crippen molar-refractivity contribution in [2.75, 3.05) is 0 Å². The maximum absolute atomic E-state index is 13.1. The topological polar surface area (TPSA) is 86.5 Å². The SMILES string of the molecule is CCc1c(-c2ccccc2)n(-c2ccccc2O)c2nc3c(c(=O)n(C)c(=O)n3C)n12. The van der Waals surface area contributed by atoms with Crippen LogP contribution in [0.3, 0.4) is 0 Å². The van der Waals surface area contributed by atoms with Gasteiger partial charge in [-0.05, 0) is 18.6 Å². The van der Waals surface area contributed by atoms with E-state index in [2.05, 4.69) is 0 Å². The van der Waals surface area contributed by atoms with Crippen molar-refractivity contribution in [3.63, 3.8) is 0 Å². The van der Waals surface area contributed by atoms with Gasteiger partial charge in [0.05, 0.1) is 17.1 Å². The summed E-state index contributed by atoms with van der Waals surface area (Å²) in [5, 5.41) is 10.7. The lowest BCUT2D eigenvalue weighted by molar-refractivity contribution is 0.472. The Labute approximate surface area is 176 Å². The van der Waals surface area contributed by atoms with Crippen molar-refractivity contribution in [3.8, 4) is 22.7 Å². The molecule has 0 aliphatic rings. The second kappa shape index (κ2) is 6.73. The number of hydrogen-bond donors (Lipinski definition) is 1. The van der Waals surface area contributed by atoms with Crippen molar-refractivity contribution in [2.24, 2.45) is 14.1 Å². The monoisotopic (exact) mass is 415 g/mol. The molecule has 1 N–H and O–H groups in total. The molecule has 8 nitrogen and oxygen atoms in total. The Hall–Kier alpha value is -4.07. The molecule has 0 saturated heterocycles. The minimum Gasteiger partial charge on any atom is -0.506 e. The van der Waals surface area contributed by atoms with Gasteiger partial charge in [-0.3, -0.25) is 22.9 Å². The van der Waals surface area contributed by atoms with Crippen LogP contribution in [0.25, 0.3) is 33.9 Å². The minimum absolute atomic E-state index is 0.0914. The van der Waals surface area contributed by atoms with Crippen LogP contribution in [-0.2, 0) is 20.5 Å². The van der Waals surface area contributed by atoms with Gasteiger partial charge in [0.15, 0.2) is 11.2 Å². The van der Waals surface area contributed by atoms with Gasteiger partial charge in [0.25, 0.3) is 5.56 Å². The smallest absolute Gasteiger partial charge is 0.332 e. The fraction of sp³-hybridized carbons (Fsp3) is 0.174. The summed E-state index contributed by atoms with van der Waals surface area (Å²) in [6.45, 7) is 2.01. The van der Waals surface area contributed by atoms with Crippen molar-refractivity contribution in [1.82, 2.24) is 23.1 Å². The Balaban J connectivity index is 2.09. The van der Waals surface area contributed by atoms with Crippen LogP contribution >= 0.6 is 0 Å². The van der Waals surface area contributed by atoms with Crippen molar-refractivity contribution >= 4 is 16.9 Å². The lowest BCUT2D eigenvalue weighted by atomic mass is 10.1. The molecule has 31 heavy (non-hydrogen) atoms. The van der Waals surface area contributed by atoms with Gasteiger partial charge in [-0.15, -0.1) is 0 Å². The van der Waals surface area contributed by atoms with Gasteiger partial charge in [-0.25, -0.2) is 4.79 Å². The molecule has 0 amide bonds. The molecule has 0 spiro atoms. The van der Waals surface area contributed by atoms with Crippen LogP contribution in [0.4, 0.5) is 0 Å². The van der Waals surface area contributed by atoms with E-state index >= 15 is 0 Å². The quantitative estimate of drug-likeness (QED) is 0.491. The van der Waals surface area contributed by atoms with E-state index in [4.69, 9.17) is 4.98 Å². The molecule has 0 aliphatic carbocycles. The standard InChI is InChI=1S/C23H21N5O3/c1-4-15-18(14-10-6-5-7-11-14)28(16-12-8-9-13-17(16)29)22-24-20-19(27(15)22)21(30)26(3)23(31)25(20)2/h5-13,29H,4H2,1-3H3. The maximum Gasteiger partial charge on any atom is 0.332 e. The fourth-order valence-electron chi connectivity index (χ4n) is 4.22. The number of para-hydroxylation sites is 2. The Morgan fingerprint density at radius 2 is 1.61 bits per heavy atom. The minimum atomic E-state index is -0.436. The van der Waals surface area contributed by atoms with Gasteiger partial charge >= 0.3 is 5.69 Å². The van der Waals surface area contributed by atoms with Gasteiger partial charge in [0.2, 0.25) is 5.78 Å². The van der Waals surface area contributed by atoms with Crippen molar-refractivity contribution < 1.29 is 5.11 Å². The zero-order chi connectivity index (χ0) is 21.9. The Kier molecular flexibility index (Phi) is 4.11. The van der Waals surface area contributed by atoms with E-state index in [0.717, 1.165) is 21.5 Å². The highest BCUT2D eigenvalue weighted by molar-refractivity contribution is 5.82. The zero-order valence-corrected chi connectivity index (χ0v) is 17.4. The van der Waals surface area contributed by atoms with E-state index in [0.29, 0.717) is 29.0 Å². The second-order valence-electron chi connectivity index (χ2n) is 7.46. The lowest BCUT2D eigenvalue weighted by Crippen LogP contribution is -2.37. The molecular formula is C23H21N5O3. The molecule has 8 heteroatoms. The molecule has 2 aromatic carbocycles. The van der Waals surface area contributed by atoms with Gasteiger partial charge in [0.1, 0.15) is 5.75 Å². The van der Waals surface area contributed by atoms with Crippen LogP contribution in [-0.4, -0.2) is 28.2 Å². The number of aromatic nitrogens is 5. The van der Waals surface area contributed by atoms with Crippen LogP contribution < -0.4 is 11.2 Å². The number of hydrogen-bond acceptors (Lipinski definition) is 4. The molecule has 5 rings (SSSR count). The third kappa shape index (κ3) is 2.51. The highest BCUT2D eigenvalue weighted by atomic mass is 16.3. The Morgan fingerprint density at radius 3 is 2.29 bits per heavy atom. The van der Waals surface area contributed by atoms with Gasteiger partial charge in [-0.1, -0.05) is 49.4 Å². The molecule has 3 aromatic heterocycles. The van der Waals surface area contributed by atoms with Crippen molar-refractivity contribution in [1.29, 1.82) is 0 Å². The second-order valence-corrected chi connectivity index (χ2v) is 7.46. The summed E-state index contributed by atoms with van der Waals surface area (Å²) in [7, 11) is 3.07. The summed E-state index contributed by atoms with van der Waals surface area (Å²) in [4.78, 5) is 30.3. The summed E-state index contributed by atoms with van der Waals surface area (Å²) in [6.07, 6.45) is 0.610. The van der Waals surface area contributed by atoms with Crippen molar-refractivity contribution in [3.05, 3.63) is 81.1 Å². The first-order valence-electron chi connectivity index (χ1n) is 10.0. The molecule has 0 radical (unpaired) electrons. The van der Waals surface area contributed by atoms with Crippen LogP contribution in [0.2, 0.25) is 0 Å². The van der Waals surface area contributed by atoms with E-state index in [1.54, 1.807) is 25.2 Å². The molecule has 0 atom stereocenters. The third-order valence-corrected chi connectivity index (χ3v) is 5.71. The predicted molar refractivity (Wildman–Crippen MR) is 119 cm³/mol. The summed E-state index contributed by atoms with van der Waals surface area (Å²) >= 11 is 0. The summed E-state index contributed by atoms with van der Waals surface area (Å²) in [5.74, 6) is 0.555. The van der Waals surface area contributed by atoms with E-state index in [9.17, 15) is 14.7 Å². The Morgan fingerprint density at radius 1 is 0.935 bits per heavy atom. The Bertz CT molecular complexity index is 1590. The summed E-state index contributed by atoms with van der Waals surface area (Å²) < 4.78 is 6.13. The molecule has 156 valence electrons. The molecule has 0 unspecified atom stereocenters. The van der Waals surface area contributed by atoms with Crippen LogP contribution in [0.1, 0.15) is 12.6 Å². The first-order chi connectivity index (χ1) is 15.0. The largest absolute Gasteiger partial charge is 0.506 e. The molecular weight excluding hydrogens is 394 g/mol. The van der Waals surface area contributed by atoms with Gasteiger partial charge in [-0.2, -0.15) is 4.98 Å². The molecule has 0 bridgehead atoms. The normalized spacial score (nSPS) is 11.6. The van der Waals surface area contributed by atoms with Crippen LogP contribution in [0.15, 0.2) is 64.2 Å². The number of rotatable bonds is 3. The van der Waals surface area contributed by atoms with Gasteiger partial charge < -0.3 is 5.11 Å². The predicted octanol–water partition coefficient (Wildman–Crippen LogP) is 2.61. The average molecular weight is 415 g/mol. The third-order valence-electron chi connectivity index (χ3n) is 5.71. The van der Waals surface area contributed by atoms with Crippen molar-refractivity contribution in [2.45, 2.75) is 13.3 Å². The van der Waals surface area contributed by atoms with E-state index < -0.39 is 11.2 Å². The molecule has 5 aromatic rings.